The number of amides is 4. The van der Waals surface area contributed by atoms with Crippen LogP contribution in [0.5, 0.6) is 5.75 Å². The molecule has 2 aromatic carbocycles. The molecule has 3 saturated heterocycles. The molecule has 8 rings (SSSR count). The first-order chi connectivity index (χ1) is 32.3. The number of ether oxygens (including phenoxy) is 2. The largest absolute Gasteiger partial charge is 0.508 e. The number of esters is 1. The molecule has 0 aliphatic carbocycles. The van der Waals surface area contributed by atoms with Gasteiger partial charge in [0.15, 0.2) is 0 Å². The number of halogens is 1. The Kier molecular flexibility index (Phi) is 13.7. The van der Waals surface area contributed by atoms with E-state index in [1.54, 1.807) is 39.3 Å². The van der Waals surface area contributed by atoms with Crippen LogP contribution in [-0.4, -0.2) is 136 Å². The van der Waals surface area contributed by atoms with Gasteiger partial charge in [0.1, 0.15) is 23.9 Å². The highest BCUT2D eigenvalue weighted by Gasteiger charge is 2.51. The van der Waals surface area contributed by atoms with E-state index in [0.717, 1.165) is 43.9 Å². The number of benzene rings is 2. The van der Waals surface area contributed by atoms with Gasteiger partial charge in [-0.25, -0.2) is 9.82 Å². The van der Waals surface area contributed by atoms with Crippen molar-refractivity contribution in [2.24, 2.45) is 11.3 Å². The molecular weight excluding hydrogens is 872 g/mol. The average molecular weight is 937 g/mol. The maximum absolute atomic E-state index is 16.5. The Bertz CT molecular complexity index is 2610. The van der Waals surface area contributed by atoms with E-state index in [1.165, 1.54) is 17.0 Å². The zero-order chi connectivity index (χ0) is 48.8. The average Bonchev–Trinajstić information content (AvgIpc) is 4.03. The zero-order valence-corrected chi connectivity index (χ0v) is 40.4. The van der Waals surface area contributed by atoms with Crippen LogP contribution in [0.15, 0.2) is 54.7 Å². The van der Waals surface area contributed by atoms with Crippen LogP contribution in [-0.2, 0) is 52.8 Å². The molecule has 6 atom stereocenters. The Morgan fingerprint density at radius 2 is 1.85 bits per heavy atom. The molecule has 17 heteroatoms. The second-order valence-electron chi connectivity index (χ2n) is 20.1. The first-order valence-electron chi connectivity index (χ1n) is 23.8. The number of aromatic hydroxyl groups is 1. The van der Waals surface area contributed by atoms with Crippen molar-refractivity contribution in [1.82, 2.24) is 40.4 Å². The number of carbonyl (C=O) groups is 5. The SMILES string of the molecule is CCn1c(-c2cccnc2[C@H](C)OC)c2c3cc(ccc31)-c1cc(O)cc(c1)C[C@H](NC(=O)C(C(C)C)N(C)C(=O)[C@]1(F)CCN(C(=O)[C@@H]3CN3)C1)C(=O)N1CCC[C@H](N1)C(=O)OCC(C)(C)C2. The van der Waals surface area contributed by atoms with Gasteiger partial charge in [-0.2, -0.15) is 0 Å². The van der Waals surface area contributed by atoms with E-state index >= 15 is 4.39 Å². The standard InChI is InChI=1S/C51H65FN8O8/c1-9-59-41-15-14-32-24-36(41)37(44(59)35-12-10-17-53-42(35)30(4)67-8)25-50(5,6)28-68-48(65)38-13-11-18-60(56-38)47(64)39(22-31-20-33(32)23-34(61)21-31)55-45(62)43(29(2)3)57(7)49(66)51(52)16-19-58(27-51)46(63)40-26-54-40/h10,12,14-15,17,20-21,23-24,29-30,38-40,43,54,56,61H,9,11,13,16,18-19,22,25-28H2,1-8H3,(H,55,62)/t30-,38-,39-,40-,43?,51-/m0/s1. The second kappa shape index (κ2) is 19.2. The lowest BCUT2D eigenvalue weighted by atomic mass is 9.84. The Labute approximate surface area is 396 Å². The molecule has 2 aromatic heterocycles. The minimum atomic E-state index is -2.40. The number of likely N-dealkylation sites (tertiary alicyclic amines) is 1. The van der Waals surface area contributed by atoms with Gasteiger partial charge < -0.3 is 39.6 Å². The highest BCUT2D eigenvalue weighted by molar-refractivity contribution is 5.97. The number of aromatic nitrogens is 2. The molecule has 0 saturated carbocycles. The topological polar surface area (TPSA) is 198 Å². The number of fused-ring (bicyclic) bond motifs is 6. The van der Waals surface area contributed by atoms with Crippen molar-refractivity contribution in [1.29, 1.82) is 0 Å². The van der Waals surface area contributed by atoms with Crippen molar-refractivity contribution in [3.05, 3.63) is 71.5 Å². The lowest BCUT2D eigenvalue weighted by molar-refractivity contribution is -0.155. The summed E-state index contributed by atoms with van der Waals surface area (Å²) in [4.78, 5) is 77.1. The number of cyclic esters (lactones) is 1. The fraction of sp³-hybridized carbons (Fsp3) is 0.529. The van der Waals surface area contributed by atoms with Gasteiger partial charge in [-0.3, -0.25) is 34.0 Å². The first-order valence-corrected chi connectivity index (χ1v) is 23.8. The van der Waals surface area contributed by atoms with E-state index in [4.69, 9.17) is 14.5 Å². The van der Waals surface area contributed by atoms with Crippen molar-refractivity contribution in [2.45, 2.75) is 116 Å². The molecule has 4 amide bonds. The van der Waals surface area contributed by atoms with Gasteiger partial charge in [0.25, 0.3) is 11.8 Å². The number of pyridine rings is 1. The van der Waals surface area contributed by atoms with Crippen LogP contribution in [0.25, 0.3) is 33.3 Å². The third-order valence-corrected chi connectivity index (χ3v) is 13.9. The smallest absolute Gasteiger partial charge is 0.324 e. The summed E-state index contributed by atoms with van der Waals surface area (Å²) in [7, 11) is 3.03. The number of hydrogen-bond acceptors (Lipinski definition) is 11. The van der Waals surface area contributed by atoms with Gasteiger partial charge in [-0.05, 0) is 97.7 Å². The number of hydrazine groups is 1. The Morgan fingerprint density at radius 3 is 2.56 bits per heavy atom. The highest BCUT2D eigenvalue weighted by atomic mass is 19.1. The van der Waals surface area contributed by atoms with E-state index in [2.05, 4.69) is 59.6 Å². The molecule has 4 N–H and O–H groups in total. The number of methoxy groups -OCH3 is 1. The van der Waals surface area contributed by atoms with Gasteiger partial charge in [0.2, 0.25) is 17.5 Å². The van der Waals surface area contributed by atoms with E-state index in [1.807, 2.05) is 25.1 Å². The summed E-state index contributed by atoms with van der Waals surface area (Å²) in [6, 6.07) is 11.5. The van der Waals surface area contributed by atoms with Crippen molar-refractivity contribution in [2.75, 3.05) is 46.9 Å². The van der Waals surface area contributed by atoms with Crippen molar-refractivity contribution >= 4 is 40.5 Å². The molecule has 0 radical (unpaired) electrons. The predicted octanol–water partition coefficient (Wildman–Crippen LogP) is 4.85. The van der Waals surface area contributed by atoms with Gasteiger partial charge in [-0.1, -0.05) is 39.8 Å². The van der Waals surface area contributed by atoms with Crippen LogP contribution in [0.2, 0.25) is 0 Å². The third-order valence-electron chi connectivity index (χ3n) is 13.9. The summed E-state index contributed by atoms with van der Waals surface area (Å²) < 4.78 is 30.7. The third kappa shape index (κ3) is 9.70. The molecule has 364 valence electrons. The summed E-state index contributed by atoms with van der Waals surface area (Å²) in [5.41, 5.74) is 6.85. The molecule has 6 bridgehead atoms. The van der Waals surface area contributed by atoms with Gasteiger partial charge >= 0.3 is 5.97 Å². The lowest BCUT2D eigenvalue weighted by Gasteiger charge is -2.37. The predicted molar refractivity (Wildman–Crippen MR) is 254 cm³/mol. The normalized spacial score (nSPS) is 23.8. The summed E-state index contributed by atoms with van der Waals surface area (Å²) in [5, 5.41) is 19.5. The van der Waals surface area contributed by atoms with E-state index in [-0.39, 0.29) is 56.3 Å². The number of likely N-dealkylation sites (N-methyl/N-ethyl adjacent to an activating group) is 1. The summed E-state index contributed by atoms with van der Waals surface area (Å²) in [5.74, 6) is -3.50. The Balaban J connectivity index is 1.18. The molecule has 1 unspecified atom stereocenters. The number of rotatable bonds is 10. The molecule has 3 fully saturated rings. The van der Waals surface area contributed by atoms with E-state index in [0.29, 0.717) is 43.5 Å². The molecular formula is C51H65FN8O8. The summed E-state index contributed by atoms with van der Waals surface area (Å²) in [6.45, 7) is 12.8. The van der Waals surface area contributed by atoms with Crippen LogP contribution in [0.3, 0.4) is 0 Å². The molecule has 68 heavy (non-hydrogen) atoms. The van der Waals surface area contributed by atoms with Crippen LogP contribution >= 0.6 is 0 Å². The van der Waals surface area contributed by atoms with Gasteiger partial charge in [0, 0.05) is 81.3 Å². The van der Waals surface area contributed by atoms with Crippen LogP contribution in [0.4, 0.5) is 4.39 Å². The number of aryl methyl sites for hydroxylation is 1. The number of hydrogen-bond donors (Lipinski definition) is 4. The first kappa shape index (κ1) is 48.5. The maximum atomic E-state index is 16.5. The minimum Gasteiger partial charge on any atom is -0.508 e. The lowest BCUT2D eigenvalue weighted by Crippen LogP contribution is -2.62. The zero-order valence-electron chi connectivity index (χ0n) is 40.4. The Morgan fingerprint density at radius 1 is 1.09 bits per heavy atom. The quantitative estimate of drug-likeness (QED) is 0.125. The van der Waals surface area contributed by atoms with E-state index in [9.17, 15) is 29.1 Å². The number of nitrogens with one attached hydrogen (secondary N) is 3. The Hall–Kier alpha value is -5.91. The number of alkyl halides is 1. The second-order valence-corrected chi connectivity index (χ2v) is 20.1. The van der Waals surface area contributed by atoms with Crippen LogP contribution in [0.1, 0.15) is 83.7 Å². The number of phenolic OH excluding ortho intramolecular Hbond substituents is 1. The minimum absolute atomic E-state index is 0.0506. The van der Waals surface area contributed by atoms with Crippen LogP contribution < -0.4 is 16.1 Å². The molecule has 6 heterocycles. The fourth-order valence-electron chi connectivity index (χ4n) is 10.3. The summed E-state index contributed by atoms with van der Waals surface area (Å²) >= 11 is 0. The monoisotopic (exact) mass is 936 g/mol. The molecule has 0 spiro atoms. The van der Waals surface area contributed by atoms with Crippen molar-refractivity contribution in [3.63, 3.8) is 0 Å². The van der Waals surface area contributed by atoms with E-state index < -0.39 is 65.4 Å². The molecule has 16 nitrogen and oxygen atoms in total. The van der Waals surface area contributed by atoms with Gasteiger partial charge in [0.05, 0.1) is 36.7 Å². The fourth-order valence-corrected chi connectivity index (χ4v) is 10.3. The number of carbonyl (C=O) groups excluding carboxylic acids is 5. The summed E-state index contributed by atoms with van der Waals surface area (Å²) in [6.07, 6.45) is 2.57. The molecule has 4 aliphatic rings. The molecule has 4 aromatic rings. The van der Waals surface area contributed by atoms with Crippen molar-refractivity contribution in [3.8, 4) is 28.1 Å². The highest BCUT2D eigenvalue weighted by Crippen LogP contribution is 2.42. The molecule has 4 aliphatic heterocycles. The van der Waals surface area contributed by atoms with Gasteiger partial charge in [-0.15, -0.1) is 0 Å². The maximum Gasteiger partial charge on any atom is 0.324 e. The van der Waals surface area contributed by atoms with Crippen molar-refractivity contribution < 1.29 is 42.9 Å². The number of phenols is 1. The number of nitrogens with zero attached hydrogens (tertiary/aromatic N) is 5. The van der Waals surface area contributed by atoms with Crippen LogP contribution in [0, 0.1) is 11.3 Å².